The third kappa shape index (κ3) is 3.90. The van der Waals surface area contributed by atoms with Crippen LogP contribution in [-0.2, 0) is 10.7 Å². The molecule has 0 unspecified atom stereocenters. The summed E-state index contributed by atoms with van der Waals surface area (Å²) in [4.78, 5) is 11.3. The Hall–Kier alpha value is -2.78. The summed E-state index contributed by atoms with van der Waals surface area (Å²) in [6.45, 7) is -0.306. The molecule has 10 heteroatoms. The summed E-state index contributed by atoms with van der Waals surface area (Å²) in [6, 6.07) is 5.58. The van der Waals surface area contributed by atoms with Gasteiger partial charge in [0.1, 0.15) is 5.75 Å². The molecule has 0 spiro atoms. The van der Waals surface area contributed by atoms with Crippen molar-refractivity contribution in [1.29, 1.82) is 0 Å². The van der Waals surface area contributed by atoms with Crippen LogP contribution in [0.1, 0.15) is 22.8 Å². The van der Waals surface area contributed by atoms with Crippen molar-refractivity contribution < 1.29 is 45.0 Å². The van der Waals surface area contributed by atoms with E-state index in [0.29, 0.717) is 12.1 Å². The van der Waals surface area contributed by atoms with Gasteiger partial charge in [-0.1, -0.05) is 0 Å². The smallest absolute Gasteiger partial charge is 0.375 e. The second-order valence-corrected chi connectivity index (χ2v) is 5.80. The third-order valence-corrected chi connectivity index (χ3v) is 3.74. The summed E-state index contributed by atoms with van der Waals surface area (Å²) in [6.07, 6.45) is 0. The number of carbonyl (C=O) groups excluding carboxylic acids is 1. The zero-order valence-corrected chi connectivity index (χ0v) is 14.4. The van der Waals surface area contributed by atoms with Gasteiger partial charge in [-0.05, 0) is 42.5 Å². The summed E-state index contributed by atoms with van der Waals surface area (Å²) < 4.78 is 104. The van der Waals surface area contributed by atoms with Gasteiger partial charge in [0.25, 0.3) is 0 Å². The fourth-order valence-electron chi connectivity index (χ4n) is 2.14. The summed E-state index contributed by atoms with van der Waals surface area (Å²) in [5.41, 5.74) is -1.47. The van der Waals surface area contributed by atoms with Crippen molar-refractivity contribution in [2.45, 2.75) is 24.7 Å². The van der Waals surface area contributed by atoms with E-state index in [1.54, 1.807) is 0 Å². The topological polar surface area (TPSA) is 35.5 Å². The summed E-state index contributed by atoms with van der Waals surface area (Å²) in [5, 5.41) is 0. The standard InChI is InChI=1S/C18H13F7O3/c1-16(20,21)18(24,25)17(22,23)11-4-6-12(7-5-11)28-14-8-3-10(9-13(14)19)15(26)27-2/h3-9H,1-2H3. The van der Waals surface area contributed by atoms with E-state index in [0.717, 1.165) is 31.4 Å². The lowest BCUT2D eigenvalue weighted by atomic mass is 9.98. The quantitative estimate of drug-likeness (QED) is 0.447. The zero-order valence-electron chi connectivity index (χ0n) is 14.4. The first kappa shape index (κ1) is 21.5. The molecule has 0 saturated carbocycles. The maximum atomic E-state index is 14.0. The van der Waals surface area contributed by atoms with Crippen LogP contribution in [0, 0.1) is 5.82 Å². The predicted octanol–water partition coefficient (Wildman–Crippen LogP) is 5.79. The fraction of sp³-hybridized carbons (Fsp3) is 0.278. The molecule has 28 heavy (non-hydrogen) atoms. The predicted molar refractivity (Wildman–Crippen MR) is 83.7 cm³/mol. The molecule has 3 nitrogen and oxygen atoms in total. The van der Waals surface area contributed by atoms with Crippen LogP contribution in [0.5, 0.6) is 11.5 Å². The van der Waals surface area contributed by atoms with Gasteiger partial charge in [0, 0.05) is 12.5 Å². The maximum absolute atomic E-state index is 14.0. The number of hydrogen-bond acceptors (Lipinski definition) is 3. The second kappa shape index (κ2) is 7.33. The van der Waals surface area contributed by atoms with E-state index >= 15 is 0 Å². The SMILES string of the molecule is COC(=O)c1ccc(Oc2ccc(C(F)(F)C(F)(F)C(C)(F)F)cc2)c(F)c1. The summed E-state index contributed by atoms with van der Waals surface area (Å²) in [7, 11) is 1.10. The number of esters is 1. The lowest BCUT2D eigenvalue weighted by molar-refractivity contribution is -0.308. The monoisotopic (exact) mass is 410 g/mol. The number of ether oxygens (including phenoxy) is 2. The van der Waals surface area contributed by atoms with Gasteiger partial charge >= 0.3 is 23.7 Å². The van der Waals surface area contributed by atoms with Gasteiger partial charge in [-0.2, -0.15) is 26.3 Å². The van der Waals surface area contributed by atoms with Crippen LogP contribution >= 0.6 is 0 Å². The van der Waals surface area contributed by atoms with Gasteiger partial charge in [-0.15, -0.1) is 0 Å². The first-order valence-corrected chi connectivity index (χ1v) is 7.61. The highest BCUT2D eigenvalue weighted by atomic mass is 19.3. The molecule has 0 heterocycles. The van der Waals surface area contributed by atoms with E-state index in [9.17, 15) is 35.5 Å². The van der Waals surface area contributed by atoms with Gasteiger partial charge in [0.15, 0.2) is 11.6 Å². The molecule has 0 atom stereocenters. The molecule has 0 aliphatic carbocycles. The van der Waals surface area contributed by atoms with E-state index < -0.39 is 40.9 Å². The van der Waals surface area contributed by atoms with E-state index in [1.165, 1.54) is 6.07 Å². The van der Waals surface area contributed by atoms with Gasteiger partial charge < -0.3 is 9.47 Å². The minimum atomic E-state index is -5.63. The van der Waals surface area contributed by atoms with Crippen molar-refractivity contribution in [3.63, 3.8) is 0 Å². The highest BCUT2D eigenvalue weighted by molar-refractivity contribution is 5.89. The number of alkyl halides is 6. The Labute approximate surface area is 154 Å². The molecule has 0 aliphatic heterocycles. The van der Waals surface area contributed by atoms with Gasteiger partial charge in [0.2, 0.25) is 0 Å². The lowest BCUT2D eigenvalue weighted by Gasteiger charge is -2.31. The Balaban J connectivity index is 2.25. The van der Waals surface area contributed by atoms with Gasteiger partial charge in [-0.3, -0.25) is 0 Å². The molecule has 0 bridgehead atoms. The second-order valence-electron chi connectivity index (χ2n) is 5.80. The molecule has 0 N–H and O–H groups in total. The van der Waals surface area contributed by atoms with Crippen molar-refractivity contribution in [3.05, 3.63) is 59.4 Å². The molecule has 0 aromatic heterocycles. The van der Waals surface area contributed by atoms with Crippen LogP contribution in [0.3, 0.4) is 0 Å². The van der Waals surface area contributed by atoms with Crippen molar-refractivity contribution in [1.82, 2.24) is 0 Å². The molecular formula is C18H13F7O3. The first-order chi connectivity index (χ1) is 12.8. The number of benzene rings is 2. The summed E-state index contributed by atoms with van der Waals surface area (Å²) in [5.74, 6) is -18.1. The van der Waals surface area contributed by atoms with Crippen molar-refractivity contribution >= 4 is 5.97 Å². The molecule has 0 saturated heterocycles. The Bertz CT molecular complexity index is 858. The molecule has 2 rings (SSSR count). The molecule has 0 amide bonds. The molecular weight excluding hydrogens is 397 g/mol. The van der Waals surface area contributed by atoms with Crippen LogP contribution in [0.15, 0.2) is 42.5 Å². The number of hydrogen-bond donors (Lipinski definition) is 0. The van der Waals surface area contributed by atoms with Crippen LogP contribution < -0.4 is 4.74 Å². The normalized spacial score (nSPS) is 12.6. The fourth-order valence-corrected chi connectivity index (χ4v) is 2.14. The van der Waals surface area contributed by atoms with Crippen molar-refractivity contribution in [3.8, 4) is 11.5 Å². The molecule has 2 aromatic carbocycles. The number of rotatable bonds is 6. The molecule has 0 fully saturated rings. The van der Waals surface area contributed by atoms with E-state index in [4.69, 9.17) is 4.74 Å². The molecule has 0 radical (unpaired) electrons. The minimum absolute atomic E-state index is 0.106. The van der Waals surface area contributed by atoms with E-state index in [-0.39, 0.29) is 18.2 Å². The maximum Gasteiger partial charge on any atom is 0.375 e. The third-order valence-electron chi connectivity index (χ3n) is 3.74. The van der Waals surface area contributed by atoms with Gasteiger partial charge in [-0.25, -0.2) is 9.18 Å². The average Bonchev–Trinajstić information content (AvgIpc) is 2.62. The summed E-state index contributed by atoms with van der Waals surface area (Å²) >= 11 is 0. The number of carbonyl (C=O) groups is 1. The van der Waals surface area contributed by atoms with Crippen LogP contribution in [-0.4, -0.2) is 24.9 Å². The van der Waals surface area contributed by atoms with E-state index in [2.05, 4.69) is 4.74 Å². The van der Waals surface area contributed by atoms with Crippen LogP contribution in [0.25, 0.3) is 0 Å². The molecule has 2 aromatic rings. The van der Waals surface area contributed by atoms with Crippen molar-refractivity contribution in [2.24, 2.45) is 0 Å². The number of halogens is 7. The van der Waals surface area contributed by atoms with Gasteiger partial charge in [0.05, 0.1) is 12.7 Å². The van der Waals surface area contributed by atoms with Crippen molar-refractivity contribution in [2.75, 3.05) is 7.11 Å². The minimum Gasteiger partial charge on any atom is -0.465 e. The highest BCUT2D eigenvalue weighted by Gasteiger charge is 2.69. The highest BCUT2D eigenvalue weighted by Crippen LogP contribution is 2.51. The molecule has 0 aliphatic rings. The lowest BCUT2D eigenvalue weighted by Crippen LogP contribution is -2.50. The largest absolute Gasteiger partial charge is 0.465 e. The Kier molecular flexibility index (Phi) is 5.63. The Morgan fingerprint density at radius 3 is 1.96 bits per heavy atom. The average molecular weight is 410 g/mol. The first-order valence-electron chi connectivity index (χ1n) is 7.61. The molecule has 152 valence electrons. The van der Waals surface area contributed by atoms with Crippen LogP contribution in [0.4, 0.5) is 30.7 Å². The Morgan fingerprint density at radius 1 is 0.929 bits per heavy atom. The van der Waals surface area contributed by atoms with E-state index in [1.807, 2.05) is 0 Å². The number of methoxy groups -OCH3 is 1. The zero-order chi connectivity index (χ0) is 21.3. The Morgan fingerprint density at radius 2 is 1.50 bits per heavy atom. The van der Waals surface area contributed by atoms with Crippen LogP contribution in [0.2, 0.25) is 0 Å².